The summed E-state index contributed by atoms with van der Waals surface area (Å²) < 4.78 is 5.90. The van der Waals surface area contributed by atoms with Crippen molar-refractivity contribution in [3.8, 4) is 0 Å². The lowest BCUT2D eigenvalue weighted by Crippen LogP contribution is -3.00. The highest BCUT2D eigenvalue weighted by Gasteiger charge is 2.32. The molecule has 152 valence electrons. The molecule has 0 aliphatic heterocycles. The summed E-state index contributed by atoms with van der Waals surface area (Å²) in [6, 6.07) is -0.0203. The fraction of sp³-hybridized carbons (Fsp3) is 0.952. The molecule has 25 heavy (non-hydrogen) atoms. The number of nitrogens with zero attached hydrogens (tertiary/aromatic N) is 1. The molecule has 0 aromatic heterocycles. The van der Waals surface area contributed by atoms with Gasteiger partial charge in [0.05, 0.1) is 27.7 Å². The highest BCUT2D eigenvalue weighted by molar-refractivity contribution is 5.74. The predicted octanol–water partition coefficient (Wildman–Crippen LogP) is 2.72. The maximum Gasteiger partial charge on any atom is 0.364 e. The number of carbonyl (C=O) groups excluding carboxylic acids is 1. The Labute approximate surface area is 163 Å². The summed E-state index contributed by atoms with van der Waals surface area (Å²) in [7, 11) is 6.26. The van der Waals surface area contributed by atoms with Gasteiger partial charge in [-0.3, -0.25) is 0 Å². The van der Waals surface area contributed by atoms with Crippen molar-refractivity contribution in [3.05, 3.63) is 0 Å². The first-order chi connectivity index (χ1) is 11.4. The zero-order chi connectivity index (χ0) is 18.3. The number of quaternary nitrogens is 1. The van der Waals surface area contributed by atoms with Crippen LogP contribution in [0.5, 0.6) is 0 Å². The predicted molar refractivity (Wildman–Crippen MR) is 104 cm³/mol. The Balaban J connectivity index is 0. The molecule has 3 nitrogen and oxygen atoms in total. The summed E-state index contributed by atoms with van der Waals surface area (Å²) in [5.41, 5.74) is 0. The highest BCUT2D eigenvalue weighted by atomic mass is 35.5. The van der Waals surface area contributed by atoms with Gasteiger partial charge in [0, 0.05) is 6.42 Å². The van der Waals surface area contributed by atoms with Crippen LogP contribution in [0.1, 0.15) is 97.3 Å². The van der Waals surface area contributed by atoms with E-state index in [0.29, 0.717) is 11.1 Å². The van der Waals surface area contributed by atoms with Crippen molar-refractivity contribution in [3.63, 3.8) is 0 Å². The molecule has 4 heteroatoms. The molecule has 0 aromatic carbocycles. The Hall–Kier alpha value is -0.280. The second-order valence-corrected chi connectivity index (χ2v) is 8.06. The maximum absolute atomic E-state index is 12.1. The number of carbonyl (C=O) groups is 1. The summed E-state index contributed by atoms with van der Waals surface area (Å²) in [4.78, 5) is 12.1. The number of rotatable bonds is 16. The Morgan fingerprint density at radius 3 is 1.52 bits per heavy atom. The smallest absolute Gasteiger partial charge is 0.364 e. The highest BCUT2D eigenvalue weighted by Crippen LogP contribution is 2.16. The van der Waals surface area contributed by atoms with Crippen LogP contribution in [0.2, 0.25) is 0 Å². The van der Waals surface area contributed by atoms with Crippen LogP contribution in [0.15, 0.2) is 0 Å². The first-order valence-electron chi connectivity index (χ1n) is 10.4. The van der Waals surface area contributed by atoms with Crippen molar-refractivity contribution in [2.75, 3.05) is 27.7 Å². The third-order valence-electron chi connectivity index (χ3n) is 4.82. The van der Waals surface area contributed by atoms with Crippen molar-refractivity contribution in [1.29, 1.82) is 0 Å². The van der Waals surface area contributed by atoms with Crippen LogP contribution in [0.3, 0.4) is 0 Å². The van der Waals surface area contributed by atoms with E-state index in [4.69, 9.17) is 4.74 Å². The molecule has 1 unspecified atom stereocenters. The van der Waals surface area contributed by atoms with Crippen LogP contribution in [-0.4, -0.2) is 44.2 Å². The number of hydrogen-bond donors (Lipinski definition) is 0. The maximum atomic E-state index is 12.1. The van der Waals surface area contributed by atoms with Gasteiger partial charge in [0.25, 0.3) is 0 Å². The lowest BCUT2D eigenvalue weighted by atomic mass is 10.0. The van der Waals surface area contributed by atoms with Crippen LogP contribution in [-0.2, 0) is 9.53 Å². The van der Waals surface area contributed by atoms with E-state index in [0.717, 1.165) is 12.8 Å². The molecular formula is C21H44ClNO2. The van der Waals surface area contributed by atoms with E-state index in [1.54, 1.807) is 0 Å². The van der Waals surface area contributed by atoms with Gasteiger partial charge in [-0.2, -0.15) is 0 Å². The minimum absolute atomic E-state index is 0. The monoisotopic (exact) mass is 377 g/mol. The molecule has 0 saturated carbocycles. The van der Waals surface area contributed by atoms with Gasteiger partial charge in [0.2, 0.25) is 0 Å². The minimum atomic E-state index is -0.0342. The lowest BCUT2D eigenvalue weighted by Gasteiger charge is -2.32. The molecule has 1 atom stereocenters. The summed E-state index contributed by atoms with van der Waals surface area (Å²) in [6.45, 7) is 4.64. The average molecular weight is 378 g/mol. The van der Waals surface area contributed by atoms with E-state index >= 15 is 0 Å². The molecule has 0 N–H and O–H groups in total. The fourth-order valence-corrected chi connectivity index (χ4v) is 3.24. The average Bonchev–Trinajstić information content (AvgIpc) is 2.50. The molecule has 0 aliphatic carbocycles. The van der Waals surface area contributed by atoms with Crippen molar-refractivity contribution in [2.45, 2.75) is 103 Å². The molecule has 0 spiro atoms. The van der Waals surface area contributed by atoms with Gasteiger partial charge in [0.1, 0.15) is 0 Å². The second kappa shape index (κ2) is 17.1. The van der Waals surface area contributed by atoms with Crippen LogP contribution < -0.4 is 12.4 Å². The van der Waals surface area contributed by atoms with E-state index in [1.807, 2.05) is 6.92 Å². The third kappa shape index (κ3) is 15.7. The van der Waals surface area contributed by atoms with Crippen LogP contribution in [0, 0.1) is 0 Å². The Morgan fingerprint density at radius 1 is 0.760 bits per heavy atom. The Kier molecular flexibility index (Phi) is 18.5. The summed E-state index contributed by atoms with van der Waals surface area (Å²) in [6.07, 6.45) is 17.2. The van der Waals surface area contributed by atoms with Gasteiger partial charge in [0.15, 0.2) is 6.04 Å². The van der Waals surface area contributed by atoms with Crippen molar-refractivity contribution < 1.29 is 26.4 Å². The molecule has 0 amide bonds. The molecule has 0 fully saturated rings. The van der Waals surface area contributed by atoms with E-state index in [1.165, 1.54) is 70.6 Å². The molecule has 0 radical (unpaired) electrons. The van der Waals surface area contributed by atoms with Gasteiger partial charge in [-0.15, -0.1) is 0 Å². The molecular weight excluding hydrogens is 334 g/mol. The fourth-order valence-electron chi connectivity index (χ4n) is 3.24. The lowest BCUT2D eigenvalue weighted by molar-refractivity contribution is -0.887. The SMILES string of the molecule is CCCCCCCCCCCCCCC(C(=O)OCC)[N+](C)(C)C.[Cl-]. The molecule has 0 aromatic rings. The van der Waals surface area contributed by atoms with Crippen molar-refractivity contribution >= 4 is 5.97 Å². The van der Waals surface area contributed by atoms with Crippen LogP contribution >= 0.6 is 0 Å². The van der Waals surface area contributed by atoms with Crippen LogP contribution in [0.4, 0.5) is 0 Å². The number of likely N-dealkylation sites (N-methyl/N-ethyl adjacent to an activating group) is 1. The Morgan fingerprint density at radius 2 is 1.16 bits per heavy atom. The van der Waals surface area contributed by atoms with E-state index in [9.17, 15) is 4.79 Å². The normalized spacial score (nSPS) is 12.5. The van der Waals surface area contributed by atoms with Gasteiger partial charge in [-0.05, 0) is 13.3 Å². The van der Waals surface area contributed by atoms with E-state index in [-0.39, 0.29) is 24.4 Å². The topological polar surface area (TPSA) is 26.3 Å². The van der Waals surface area contributed by atoms with Crippen molar-refractivity contribution in [1.82, 2.24) is 0 Å². The number of unbranched alkanes of at least 4 members (excludes halogenated alkanes) is 11. The zero-order valence-corrected chi connectivity index (χ0v) is 18.4. The number of ether oxygens (including phenoxy) is 1. The zero-order valence-electron chi connectivity index (χ0n) is 17.6. The van der Waals surface area contributed by atoms with Gasteiger partial charge >= 0.3 is 5.97 Å². The number of esters is 1. The quantitative estimate of drug-likeness (QED) is 0.235. The second-order valence-electron chi connectivity index (χ2n) is 8.06. The molecule has 0 saturated heterocycles. The summed E-state index contributed by atoms with van der Waals surface area (Å²) in [5.74, 6) is -0.0342. The van der Waals surface area contributed by atoms with Gasteiger partial charge in [-0.25, -0.2) is 4.79 Å². The molecule has 0 bridgehead atoms. The molecule has 0 aliphatic rings. The van der Waals surface area contributed by atoms with E-state index < -0.39 is 0 Å². The summed E-state index contributed by atoms with van der Waals surface area (Å²) in [5, 5.41) is 0. The first-order valence-corrected chi connectivity index (χ1v) is 10.4. The standard InChI is InChI=1S/C21H44NO2.ClH/c1-6-8-9-10-11-12-13-14-15-16-17-18-19-20(22(3,4)5)21(23)24-7-2;/h20H,6-19H2,1-5H3;1H/q+1;/p-1. The first kappa shape index (κ1) is 26.9. The van der Waals surface area contributed by atoms with Gasteiger partial charge in [-0.1, -0.05) is 77.6 Å². The van der Waals surface area contributed by atoms with Crippen LogP contribution in [0.25, 0.3) is 0 Å². The third-order valence-corrected chi connectivity index (χ3v) is 4.82. The van der Waals surface area contributed by atoms with Crippen molar-refractivity contribution in [2.24, 2.45) is 0 Å². The summed E-state index contributed by atoms with van der Waals surface area (Å²) >= 11 is 0. The van der Waals surface area contributed by atoms with E-state index in [2.05, 4.69) is 28.1 Å². The number of hydrogen-bond acceptors (Lipinski definition) is 2. The molecule has 0 rings (SSSR count). The number of halogens is 1. The van der Waals surface area contributed by atoms with Gasteiger partial charge < -0.3 is 21.6 Å². The minimum Gasteiger partial charge on any atom is -1.00 e. The Bertz CT molecular complexity index is 303. The largest absolute Gasteiger partial charge is 1.00 e. The molecule has 0 heterocycles.